The topological polar surface area (TPSA) is 13.0 Å². The molecule has 0 unspecified atom stereocenters. The Kier molecular flexibility index (Phi) is 6.91. The van der Waals surface area contributed by atoms with Gasteiger partial charge in [0.25, 0.3) is 13.4 Å². The summed E-state index contributed by atoms with van der Waals surface area (Å²) in [5, 5.41) is 0. The van der Waals surface area contributed by atoms with Gasteiger partial charge in [-0.1, -0.05) is 133 Å². The molecule has 0 atom stereocenters. The molecule has 4 nitrogen and oxygen atoms in total. The van der Waals surface area contributed by atoms with Crippen molar-refractivity contribution in [3.8, 4) is 0 Å². The number of benzene rings is 9. The Hall–Kier alpha value is -7.34. The van der Waals surface area contributed by atoms with Gasteiger partial charge in [-0.2, -0.15) is 0 Å². The van der Waals surface area contributed by atoms with Crippen LogP contribution in [0.2, 0.25) is 0 Å². The molecule has 9 aromatic carbocycles. The first kappa shape index (κ1) is 33.5. The van der Waals surface area contributed by atoms with Crippen molar-refractivity contribution in [2.45, 2.75) is 9.79 Å². The van der Waals surface area contributed by atoms with E-state index in [2.05, 4.69) is 226 Å². The Bertz CT molecular complexity index is 3280. The molecule has 14 rings (SSSR count). The van der Waals surface area contributed by atoms with Crippen molar-refractivity contribution in [1.82, 2.24) is 0 Å². The number of hydrogen-bond acceptors (Lipinski definition) is 5. The van der Waals surface area contributed by atoms with Crippen LogP contribution in [0.4, 0.5) is 68.2 Å². The van der Waals surface area contributed by atoms with Crippen LogP contribution in [0.15, 0.2) is 216 Å². The fraction of sp³-hybridized carbons (Fsp3) is 0. The Morgan fingerprint density at radius 2 is 0.672 bits per heavy atom. The molecule has 5 aliphatic rings. The van der Waals surface area contributed by atoms with E-state index in [-0.39, 0.29) is 13.4 Å². The lowest BCUT2D eigenvalue weighted by atomic mass is 9.29. The lowest BCUT2D eigenvalue weighted by molar-refractivity contribution is 1.16. The van der Waals surface area contributed by atoms with Crippen molar-refractivity contribution in [1.29, 1.82) is 0 Å². The lowest BCUT2D eigenvalue weighted by Crippen LogP contribution is -2.68. The summed E-state index contributed by atoms with van der Waals surface area (Å²) in [7, 11) is 0. The molecule has 0 aliphatic carbocycles. The zero-order valence-corrected chi connectivity index (χ0v) is 33.8. The Morgan fingerprint density at radius 3 is 1.21 bits per heavy atom. The second-order valence-electron chi connectivity index (χ2n) is 16.4. The van der Waals surface area contributed by atoms with E-state index in [1.54, 1.807) is 0 Å². The van der Waals surface area contributed by atoms with Crippen molar-refractivity contribution < 1.29 is 0 Å². The molecule has 0 radical (unpaired) electrons. The standard InChI is InChI=1S/C54H34B2N4S/c1-4-18-35(19-5-1)57-42-27-13-10-24-38(42)55-39-25-11-14-28-43(39)60-44-29-15-12-26-40(44)56-41-32-51-47(58(36-20-6-2-7-21-36)45-30-16-17-31-50(45)61-51)33-46(41)59(37-22-8-3-9-23-37)49-34-48(57)52(55)54(60)53(49)56/h1-34H. The minimum Gasteiger partial charge on any atom is -0.312 e. The maximum absolute atomic E-state index is 2.61. The average molecular weight is 793 g/mol. The third-order valence-corrected chi connectivity index (χ3v) is 14.5. The van der Waals surface area contributed by atoms with Gasteiger partial charge < -0.3 is 19.6 Å². The monoisotopic (exact) mass is 792 g/mol. The Labute approximate surface area is 360 Å². The minimum absolute atomic E-state index is 0.000726. The maximum Gasteiger partial charge on any atom is 0.252 e. The molecule has 0 fully saturated rings. The van der Waals surface area contributed by atoms with Crippen molar-refractivity contribution in [2.75, 3.05) is 19.6 Å². The Morgan fingerprint density at radius 1 is 0.279 bits per heavy atom. The highest BCUT2D eigenvalue weighted by Gasteiger charge is 2.51. The van der Waals surface area contributed by atoms with E-state index in [0.29, 0.717) is 0 Å². The molecule has 0 amide bonds. The molecule has 0 bridgehead atoms. The summed E-state index contributed by atoms with van der Waals surface area (Å²) in [4.78, 5) is 12.7. The van der Waals surface area contributed by atoms with Gasteiger partial charge in [-0.25, -0.2) is 0 Å². The van der Waals surface area contributed by atoms with Crippen LogP contribution in [-0.4, -0.2) is 13.4 Å². The summed E-state index contributed by atoms with van der Waals surface area (Å²) >= 11 is 1.89. The second-order valence-corrected chi connectivity index (χ2v) is 17.5. The van der Waals surface area contributed by atoms with Gasteiger partial charge >= 0.3 is 0 Å². The SMILES string of the molecule is c1ccc(N2c3ccccc3Sc3cc4c(cc32)N(c2ccccc2)c2cc3c5c6c2B4c2ccccc2N6c2ccccc2B5c2ccccc2N3c2ccccc2)cc1. The number of nitrogens with zero attached hydrogens (tertiary/aromatic N) is 4. The highest BCUT2D eigenvalue weighted by Crippen LogP contribution is 2.55. The normalized spacial score (nSPS) is 14.3. The predicted octanol–water partition coefficient (Wildman–Crippen LogP) is 10.3. The summed E-state index contributed by atoms with van der Waals surface area (Å²) in [5.74, 6) is 0. The van der Waals surface area contributed by atoms with Crippen LogP contribution in [0.5, 0.6) is 0 Å². The van der Waals surface area contributed by atoms with E-state index in [9.17, 15) is 0 Å². The number of fused-ring (bicyclic) bond motifs is 12. The summed E-state index contributed by atoms with van der Waals surface area (Å²) in [5.41, 5.74) is 22.6. The fourth-order valence-corrected chi connectivity index (χ4v) is 12.1. The third-order valence-electron chi connectivity index (χ3n) is 13.4. The average Bonchev–Trinajstić information content (AvgIpc) is 3.33. The van der Waals surface area contributed by atoms with Crippen LogP contribution < -0.4 is 52.4 Å². The van der Waals surface area contributed by atoms with Crippen LogP contribution in [0.25, 0.3) is 0 Å². The molecule has 0 N–H and O–H groups in total. The van der Waals surface area contributed by atoms with Gasteiger partial charge in [0.05, 0.1) is 11.4 Å². The molecule has 282 valence electrons. The van der Waals surface area contributed by atoms with Gasteiger partial charge in [-0.05, 0) is 118 Å². The highest BCUT2D eigenvalue weighted by atomic mass is 32.2. The van der Waals surface area contributed by atoms with E-state index >= 15 is 0 Å². The fourth-order valence-electron chi connectivity index (χ4n) is 11.0. The molecular formula is C54H34B2N4S. The first-order valence-corrected chi connectivity index (χ1v) is 21.9. The van der Waals surface area contributed by atoms with Gasteiger partial charge in [-0.15, -0.1) is 0 Å². The first-order valence-electron chi connectivity index (χ1n) is 21.1. The predicted molar refractivity (Wildman–Crippen MR) is 259 cm³/mol. The molecule has 0 saturated carbocycles. The molecular weight excluding hydrogens is 758 g/mol. The van der Waals surface area contributed by atoms with Crippen LogP contribution >= 0.6 is 11.8 Å². The summed E-state index contributed by atoms with van der Waals surface area (Å²) in [6.07, 6.45) is 0. The maximum atomic E-state index is 2.61. The molecule has 7 heteroatoms. The van der Waals surface area contributed by atoms with Crippen LogP contribution in [0, 0.1) is 0 Å². The zero-order valence-electron chi connectivity index (χ0n) is 33.0. The van der Waals surface area contributed by atoms with Crippen molar-refractivity contribution in [3.05, 3.63) is 206 Å². The quantitative estimate of drug-likeness (QED) is 0.165. The second kappa shape index (κ2) is 12.6. The number of hydrogen-bond donors (Lipinski definition) is 0. The molecule has 0 saturated heterocycles. The molecule has 0 spiro atoms. The van der Waals surface area contributed by atoms with E-state index in [4.69, 9.17) is 0 Å². The van der Waals surface area contributed by atoms with Crippen molar-refractivity contribution in [2.24, 2.45) is 0 Å². The van der Waals surface area contributed by atoms with E-state index in [1.165, 1.54) is 93.8 Å². The van der Waals surface area contributed by atoms with Gasteiger partial charge in [0.1, 0.15) is 0 Å². The lowest BCUT2D eigenvalue weighted by Gasteiger charge is -2.51. The number of para-hydroxylation sites is 7. The molecule has 5 heterocycles. The largest absolute Gasteiger partial charge is 0.312 e. The third kappa shape index (κ3) is 4.53. The molecule has 9 aromatic rings. The van der Waals surface area contributed by atoms with Gasteiger partial charge in [0, 0.05) is 66.7 Å². The number of anilines is 12. The summed E-state index contributed by atoms with van der Waals surface area (Å²) < 4.78 is 0. The zero-order chi connectivity index (χ0) is 39.8. The van der Waals surface area contributed by atoms with E-state index < -0.39 is 0 Å². The van der Waals surface area contributed by atoms with Gasteiger partial charge in [0.15, 0.2) is 0 Å². The van der Waals surface area contributed by atoms with Gasteiger partial charge in [0.2, 0.25) is 0 Å². The van der Waals surface area contributed by atoms with Crippen LogP contribution in [-0.2, 0) is 0 Å². The smallest absolute Gasteiger partial charge is 0.252 e. The first-order chi connectivity index (χ1) is 30.3. The van der Waals surface area contributed by atoms with Crippen molar-refractivity contribution >= 4 is 126 Å². The highest BCUT2D eigenvalue weighted by molar-refractivity contribution is 7.99. The minimum atomic E-state index is -0.000726. The van der Waals surface area contributed by atoms with Crippen LogP contribution in [0.3, 0.4) is 0 Å². The Balaban J connectivity index is 1.13. The van der Waals surface area contributed by atoms with E-state index in [1.807, 2.05) is 11.8 Å². The van der Waals surface area contributed by atoms with Gasteiger partial charge in [-0.3, -0.25) is 0 Å². The van der Waals surface area contributed by atoms with Crippen LogP contribution in [0.1, 0.15) is 0 Å². The van der Waals surface area contributed by atoms with Crippen molar-refractivity contribution in [3.63, 3.8) is 0 Å². The molecule has 0 aromatic heterocycles. The molecule has 61 heavy (non-hydrogen) atoms. The summed E-state index contributed by atoms with van der Waals surface area (Å²) in [6, 6.07) is 76.6. The number of rotatable bonds is 3. The van der Waals surface area contributed by atoms with E-state index in [0.717, 1.165) is 17.1 Å². The molecule has 5 aliphatic heterocycles. The summed E-state index contributed by atoms with van der Waals surface area (Å²) in [6.45, 7) is 0.0608.